The van der Waals surface area contributed by atoms with Crippen LogP contribution in [-0.4, -0.2) is 20.5 Å². The zero-order chi connectivity index (χ0) is 10.9. The van der Waals surface area contributed by atoms with Crippen LogP contribution in [0.1, 0.15) is 0 Å². The van der Waals surface area contributed by atoms with Crippen LogP contribution in [0, 0.1) is 63.7 Å². The third-order valence-electron chi connectivity index (χ3n) is 1.94. The first-order chi connectivity index (χ1) is 7.38. The van der Waals surface area contributed by atoms with Gasteiger partial charge in [-0.2, -0.15) is 0 Å². The Morgan fingerprint density at radius 1 is 0.750 bits per heavy atom. The molecule has 88 valence electrons. The Morgan fingerprint density at radius 2 is 1.12 bits per heavy atom. The first kappa shape index (κ1) is 16.4. The smallest absolute Gasteiger partial charge is 0.163 e. The number of ether oxygens (including phenoxy) is 2. The molecule has 2 nitrogen and oxygen atoms in total. The summed E-state index contributed by atoms with van der Waals surface area (Å²) in [6.07, 6.45) is 17.6. The Morgan fingerprint density at radius 3 is 1.44 bits per heavy atom. The maximum absolute atomic E-state index is 5.02. The molecule has 16 heavy (non-hydrogen) atoms. The van der Waals surface area contributed by atoms with Crippen molar-refractivity contribution in [1.29, 1.82) is 0 Å². The first-order valence-electron chi connectivity index (χ1n) is 4.82. The molecule has 0 aromatic rings. The molecule has 10 radical (unpaired) electrons. The molecule has 0 bridgehead atoms. The van der Waals surface area contributed by atoms with Crippen LogP contribution in [0.4, 0.5) is 0 Å². The normalized spacial score (nSPS) is 20.4. The van der Waals surface area contributed by atoms with E-state index < -0.39 is 0 Å². The third kappa shape index (κ3) is 6.24. The van der Waals surface area contributed by atoms with E-state index in [4.69, 9.17) is 9.47 Å². The third-order valence-corrected chi connectivity index (χ3v) is 1.94. The van der Waals surface area contributed by atoms with Crippen molar-refractivity contribution in [2.45, 2.75) is 6.29 Å². The van der Waals surface area contributed by atoms with Crippen molar-refractivity contribution >= 4 is 0 Å². The minimum atomic E-state index is -0.213. The molecule has 0 atom stereocenters. The summed E-state index contributed by atoms with van der Waals surface area (Å²) in [5.74, 6) is 1.06. The second kappa shape index (κ2) is 10.6. The zero-order valence-corrected chi connectivity index (χ0v) is 10.5. The second-order valence-corrected chi connectivity index (χ2v) is 2.98. The topological polar surface area (TPSA) is 18.5 Å². The molecule has 2 saturated carbocycles. The molecule has 0 unspecified atom stereocenters. The predicted octanol–water partition coefficient (Wildman–Crippen LogP) is 2.03. The quantitative estimate of drug-likeness (QED) is 0.571. The molecule has 0 spiro atoms. The Hall–Kier alpha value is 0.439. The molecule has 3 heteroatoms. The Balaban J connectivity index is 0.000000318. The summed E-state index contributed by atoms with van der Waals surface area (Å²) in [7, 11) is 3.25. The van der Waals surface area contributed by atoms with Crippen molar-refractivity contribution in [3.63, 3.8) is 0 Å². The molecule has 0 aliphatic heterocycles. The summed E-state index contributed by atoms with van der Waals surface area (Å²) in [6.45, 7) is 0. The summed E-state index contributed by atoms with van der Waals surface area (Å²) in [4.78, 5) is 0. The van der Waals surface area contributed by atoms with Gasteiger partial charge in [0.05, 0.1) is 0 Å². The molecule has 2 aliphatic carbocycles. The van der Waals surface area contributed by atoms with E-state index in [1.54, 1.807) is 14.2 Å². The number of hydrogen-bond donors (Lipinski definition) is 0. The van der Waals surface area contributed by atoms with E-state index >= 15 is 0 Å². The summed E-state index contributed by atoms with van der Waals surface area (Å²) < 4.78 is 10.0. The SMILES string of the molecule is COC(OC)[C]1[CH][CH][CH][CH]1.[CH]1[CH][CH][CH][CH]1.[Fe]. The van der Waals surface area contributed by atoms with Gasteiger partial charge in [0, 0.05) is 37.2 Å². The predicted molar refractivity (Wildman–Crippen MR) is 59.7 cm³/mol. The molecule has 0 saturated heterocycles. The summed E-state index contributed by atoms with van der Waals surface area (Å²) in [6, 6.07) is 0. The standard InChI is InChI=1S/C8H11O2.C5H5.Fe/c1-9-8(10-2)7-5-3-4-6-7;1-2-4-5-3-1;/h3-6,8H,1-2H3;1-5H;. The van der Waals surface area contributed by atoms with Crippen LogP contribution in [-0.2, 0) is 26.5 Å². The average molecular weight is 260 g/mol. The fourth-order valence-electron chi connectivity index (χ4n) is 1.24. The molecule has 0 heterocycles. The second-order valence-electron chi connectivity index (χ2n) is 2.98. The van der Waals surface area contributed by atoms with Crippen molar-refractivity contribution in [2.24, 2.45) is 0 Å². The molecule has 0 aromatic heterocycles. The van der Waals surface area contributed by atoms with E-state index in [-0.39, 0.29) is 23.4 Å². The van der Waals surface area contributed by atoms with Crippen molar-refractivity contribution in [3.05, 3.63) is 63.7 Å². The minimum Gasteiger partial charge on any atom is -0.355 e. The van der Waals surface area contributed by atoms with Gasteiger partial charge < -0.3 is 9.47 Å². The maximum atomic E-state index is 5.02. The largest absolute Gasteiger partial charge is 0.355 e. The zero-order valence-electron chi connectivity index (χ0n) is 9.44. The molecule has 0 N–H and O–H groups in total. The van der Waals surface area contributed by atoms with Gasteiger partial charge in [0.1, 0.15) is 0 Å². The van der Waals surface area contributed by atoms with Crippen LogP contribution in [0.2, 0.25) is 0 Å². The molecule has 2 aliphatic rings. The van der Waals surface area contributed by atoms with Gasteiger partial charge >= 0.3 is 0 Å². The van der Waals surface area contributed by atoms with Crippen LogP contribution >= 0.6 is 0 Å². The van der Waals surface area contributed by atoms with E-state index in [0.717, 1.165) is 5.92 Å². The maximum Gasteiger partial charge on any atom is 0.163 e. The molecule has 0 aromatic carbocycles. The van der Waals surface area contributed by atoms with Crippen molar-refractivity contribution in [2.75, 3.05) is 14.2 Å². The number of rotatable bonds is 3. The fraction of sp³-hybridized carbons (Fsp3) is 0.231. The molecule has 2 fully saturated rings. The van der Waals surface area contributed by atoms with Gasteiger partial charge in [0.2, 0.25) is 0 Å². The van der Waals surface area contributed by atoms with Gasteiger partial charge in [0.15, 0.2) is 6.29 Å². The van der Waals surface area contributed by atoms with E-state index in [2.05, 4.69) is 0 Å². The Kier molecular flexibility index (Phi) is 10.9. The van der Waals surface area contributed by atoms with Crippen LogP contribution < -0.4 is 0 Å². The fourth-order valence-corrected chi connectivity index (χ4v) is 1.24. The molecule has 0 amide bonds. The van der Waals surface area contributed by atoms with E-state index in [0.29, 0.717) is 0 Å². The van der Waals surface area contributed by atoms with Crippen molar-refractivity contribution in [3.8, 4) is 0 Å². The molecular weight excluding hydrogens is 244 g/mol. The number of methoxy groups -OCH3 is 2. The average Bonchev–Trinajstić information content (AvgIpc) is 2.96. The van der Waals surface area contributed by atoms with E-state index in [9.17, 15) is 0 Å². The van der Waals surface area contributed by atoms with Crippen LogP contribution in [0.15, 0.2) is 0 Å². The summed E-state index contributed by atoms with van der Waals surface area (Å²) >= 11 is 0. The summed E-state index contributed by atoms with van der Waals surface area (Å²) in [5.41, 5.74) is 0. The van der Waals surface area contributed by atoms with E-state index in [1.165, 1.54) is 0 Å². The van der Waals surface area contributed by atoms with Crippen LogP contribution in [0.5, 0.6) is 0 Å². The van der Waals surface area contributed by atoms with Gasteiger partial charge in [0.25, 0.3) is 0 Å². The van der Waals surface area contributed by atoms with Gasteiger partial charge in [-0.15, -0.1) is 0 Å². The first-order valence-corrected chi connectivity index (χ1v) is 4.82. The van der Waals surface area contributed by atoms with Crippen molar-refractivity contribution < 1.29 is 26.5 Å². The van der Waals surface area contributed by atoms with Gasteiger partial charge in [-0.25, -0.2) is 0 Å². The Labute approximate surface area is 111 Å². The van der Waals surface area contributed by atoms with Crippen LogP contribution in [0.3, 0.4) is 0 Å². The van der Waals surface area contributed by atoms with E-state index in [1.807, 2.05) is 57.8 Å². The molecular formula is C13H16FeO2. The van der Waals surface area contributed by atoms with Gasteiger partial charge in [-0.05, 0) is 57.8 Å². The summed E-state index contributed by atoms with van der Waals surface area (Å²) in [5, 5.41) is 0. The monoisotopic (exact) mass is 260 g/mol. The van der Waals surface area contributed by atoms with Crippen molar-refractivity contribution in [1.82, 2.24) is 0 Å². The van der Waals surface area contributed by atoms with Gasteiger partial charge in [-0.1, -0.05) is 0 Å². The van der Waals surface area contributed by atoms with Gasteiger partial charge in [-0.3, -0.25) is 0 Å². The molecule has 2 rings (SSSR count). The Bertz CT molecular complexity index is 131. The minimum absolute atomic E-state index is 0. The number of hydrogen-bond acceptors (Lipinski definition) is 2. The van der Waals surface area contributed by atoms with Crippen LogP contribution in [0.25, 0.3) is 0 Å².